The van der Waals surface area contributed by atoms with Gasteiger partial charge in [-0.3, -0.25) is 9.59 Å². The predicted molar refractivity (Wildman–Crippen MR) is 121 cm³/mol. The van der Waals surface area contributed by atoms with E-state index < -0.39 is 0 Å². The first-order chi connectivity index (χ1) is 14.6. The van der Waals surface area contributed by atoms with Gasteiger partial charge in [0.2, 0.25) is 0 Å². The van der Waals surface area contributed by atoms with Gasteiger partial charge in [-0.25, -0.2) is 0 Å². The Kier molecular flexibility index (Phi) is 5.73. The number of rotatable bonds is 5. The van der Waals surface area contributed by atoms with E-state index in [0.717, 1.165) is 11.1 Å². The molecule has 0 saturated heterocycles. The van der Waals surface area contributed by atoms with E-state index in [2.05, 4.69) is 5.32 Å². The maximum Gasteiger partial charge on any atom is 0.255 e. The Hall–Kier alpha value is -3.69. The fourth-order valence-electron chi connectivity index (χ4n) is 3.20. The highest BCUT2D eigenvalue weighted by atomic mass is 35.5. The summed E-state index contributed by atoms with van der Waals surface area (Å²) in [5.74, 6) is -0.494. The lowest BCUT2D eigenvalue weighted by Gasteiger charge is -2.12. The highest BCUT2D eigenvalue weighted by Crippen LogP contribution is 2.25. The second kappa shape index (κ2) is 8.76. The van der Waals surface area contributed by atoms with Crippen molar-refractivity contribution in [1.29, 1.82) is 0 Å². The molecule has 0 aliphatic rings. The fraction of sp³-hybridized carbons (Fsp3) is 0. The van der Waals surface area contributed by atoms with Gasteiger partial charge in [-0.1, -0.05) is 84.4 Å². The van der Waals surface area contributed by atoms with Gasteiger partial charge in [0, 0.05) is 21.7 Å². The minimum absolute atomic E-state index is 0.201. The van der Waals surface area contributed by atoms with Crippen molar-refractivity contribution in [2.75, 3.05) is 5.32 Å². The molecule has 30 heavy (non-hydrogen) atoms. The summed E-state index contributed by atoms with van der Waals surface area (Å²) in [7, 11) is 0. The number of hydrogen-bond donors (Lipinski definition) is 1. The van der Waals surface area contributed by atoms with Crippen molar-refractivity contribution in [2.24, 2.45) is 0 Å². The topological polar surface area (TPSA) is 46.2 Å². The first-order valence-electron chi connectivity index (χ1n) is 9.48. The van der Waals surface area contributed by atoms with Crippen molar-refractivity contribution in [3.8, 4) is 11.1 Å². The van der Waals surface area contributed by atoms with Crippen molar-refractivity contribution in [3.05, 3.63) is 125 Å². The summed E-state index contributed by atoms with van der Waals surface area (Å²) in [5.41, 5.74) is 3.91. The van der Waals surface area contributed by atoms with Crippen LogP contribution in [0.2, 0.25) is 5.02 Å². The van der Waals surface area contributed by atoms with Crippen LogP contribution >= 0.6 is 11.6 Å². The number of ketones is 1. The molecular formula is C26H18ClNO2. The van der Waals surface area contributed by atoms with Crippen LogP contribution in [-0.2, 0) is 0 Å². The molecule has 3 nitrogen and oxygen atoms in total. The Morgan fingerprint density at radius 3 is 1.90 bits per heavy atom. The SMILES string of the molecule is O=C(Nc1ccc(Cl)cc1C(=O)c1ccccc1)c1ccc(-c2ccccc2)cc1. The second-order valence-electron chi connectivity index (χ2n) is 6.78. The summed E-state index contributed by atoms with van der Waals surface area (Å²) in [6.45, 7) is 0. The Bertz CT molecular complexity index is 1190. The molecule has 0 heterocycles. The summed E-state index contributed by atoms with van der Waals surface area (Å²) >= 11 is 6.11. The molecule has 1 N–H and O–H groups in total. The number of nitrogens with one attached hydrogen (secondary N) is 1. The average Bonchev–Trinajstić information content (AvgIpc) is 2.81. The molecule has 0 saturated carbocycles. The molecule has 0 fully saturated rings. The van der Waals surface area contributed by atoms with Crippen LogP contribution in [0.15, 0.2) is 103 Å². The van der Waals surface area contributed by atoms with E-state index in [4.69, 9.17) is 11.6 Å². The lowest BCUT2D eigenvalue weighted by molar-refractivity contribution is 0.102. The van der Waals surface area contributed by atoms with Crippen LogP contribution in [0.5, 0.6) is 0 Å². The molecule has 0 aliphatic heterocycles. The van der Waals surface area contributed by atoms with Gasteiger partial charge in [-0.05, 0) is 41.5 Å². The number of carbonyl (C=O) groups is 2. The number of anilines is 1. The minimum Gasteiger partial charge on any atom is -0.321 e. The van der Waals surface area contributed by atoms with Gasteiger partial charge in [0.15, 0.2) is 5.78 Å². The maximum atomic E-state index is 12.9. The van der Waals surface area contributed by atoms with Gasteiger partial charge in [0.1, 0.15) is 0 Å². The van der Waals surface area contributed by atoms with Gasteiger partial charge in [-0.15, -0.1) is 0 Å². The number of halogens is 1. The molecule has 0 aromatic heterocycles. The molecule has 146 valence electrons. The molecule has 0 unspecified atom stereocenters. The van der Waals surface area contributed by atoms with E-state index in [9.17, 15) is 9.59 Å². The molecule has 1 amide bonds. The standard InChI is InChI=1S/C26H18ClNO2/c27-22-15-16-24(23(17-22)25(29)20-9-5-2-6-10-20)28-26(30)21-13-11-19(12-14-21)18-7-3-1-4-8-18/h1-17H,(H,28,30). The van der Waals surface area contributed by atoms with Crippen molar-refractivity contribution < 1.29 is 9.59 Å². The van der Waals surface area contributed by atoms with E-state index >= 15 is 0 Å². The first-order valence-corrected chi connectivity index (χ1v) is 9.86. The largest absolute Gasteiger partial charge is 0.321 e. The lowest BCUT2D eigenvalue weighted by Crippen LogP contribution is -2.15. The van der Waals surface area contributed by atoms with Crippen LogP contribution in [0.25, 0.3) is 11.1 Å². The van der Waals surface area contributed by atoms with Gasteiger partial charge in [0.05, 0.1) is 5.69 Å². The lowest BCUT2D eigenvalue weighted by atomic mass is 10.0. The zero-order valence-corrected chi connectivity index (χ0v) is 16.8. The third kappa shape index (κ3) is 4.32. The number of benzene rings is 4. The Balaban J connectivity index is 1.58. The van der Waals surface area contributed by atoms with Gasteiger partial charge >= 0.3 is 0 Å². The Labute approximate surface area is 180 Å². The van der Waals surface area contributed by atoms with Crippen molar-refractivity contribution in [1.82, 2.24) is 0 Å². The van der Waals surface area contributed by atoms with Crippen LogP contribution in [0.4, 0.5) is 5.69 Å². The molecule has 0 spiro atoms. The molecular weight excluding hydrogens is 394 g/mol. The summed E-state index contributed by atoms with van der Waals surface area (Å²) in [4.78, 5) is 25.7. The quantitative estimate of drug-likeness (QED) is 0.381. The third-order valence-corrected chi connectivity index (χ3v) is 5.00. The summed E-state index contributed by atoms with van der Waals surface area (Å²) in [6.07, 6.45) is 0. The number of amides is 1. The Morgan fingerprint density at radius 1 is 0.633 bits per heavy atom. The van der Waals surface area contributed by atoms with Crippen LogP contribution in [0, 0.1) is 0 Å². The van der Waals surface area contributed by atoms with E-state index in [-0.39, 0.29) is 11.7 Å². The van der Waals surface area contributed by atoms with Crippen LogP contribution in [0.1, 0.15) is 26.3 Å². The molecule has 0 aliphatic carbocycles. The van der Waals surface area contributed by atoms with Gasteiger partial charge in [-0.2, -0.15) is 0 Å². The summed E-state index contributed by atoms with van der Waals surface area (Å²) in [6, 6.07) is 31.1. The number of hydrogen-bond acceptors (Lipinski definition) is 2. The van der Waals surface area contributed by atoms with Crippen molar-refractivity contribution in [2.45, 2.75) is 0 Å². The zero-order chi connectivity index (χ0) is 20.9. The molecule has 0 radical (unpaired) electrons. The normalized spacial score (nSPS) is 10.4. The van der Waals surface area contributed by atoms with E-state index in [1.807, 2.05) is 48.5 Å². The van der Waals surface area contributed by atoms with Crippen LogP contribution in [0.3, 0.4) is 0 Å². The van der Waals surface area contributed by atoms with E-state index in [1.54, 1.807) is 54.6 Å². The van der Waals surface area contributed by atoms with Crippen LogP contribution in [-0.4, -0.2) is 11.7 Å². The molecule has 4 aromatic carbocycles. The highest BCUT2D eigenvalue weighted by Gasteiger charge is 2.16. The van der Waals surface area contributed by atoms with Crippen molar-refractivity contribution >= 4 is 29.0 Å². The summed E-state index contributed by atoms with van der Waals surface area (Å²) < 4.78 is 0. The molecule has 4 rings (SSSR count). The minimum atomic E-state index is -0.293. The monoisotopic (exact) mass is 411 g/mol. The van der Waals surface area contributed by atoms with E-state index in [1.165, 1.54) is 0 Å². The summed E-state index contributed by atoms with van der Waals surface area (Å²) in [5, 5.41) is 3.28. The van der Waals surface area contributed by atoms with Gasteiger partial charge in [0.25, 0.3) is 5.91 Å². The van der Waals surface area contributed by atoms with Gasteiger partial charge < -0.3 is 5.32 Å². The fourth-order valence-corrected chi connectivity index (χ4v) is 3.37. The first kappa shape index (κ1) is 19.6. The Morgan fingerprint density at radius 2 is 1.23 bits per heavy atom. The molecule has 4 aromatic rings. The third-order valence-electron chi connectivity index (χ3n) is 4.76. The zero-order valence-electron chi connectivity index (χ0n) is 16.0. The smallest absolute Gasteiger partial charge is 0.255 e. The average molecular weight is 412 g/mol. The van der Waals surface area contributed by atoms with Crippen LogP contribution < -0.4 is 5.32 Å². The van der Waals surface area contributed by atoms with E-state index in [0.29, 0.717) is 27.4 Å². The maximum absolute atomic E-state index is 12.9. The van der Waals surface area contributed by atoms with Crippen molar-refractivity contribution in [3.63, 3.8) is 0 Å². The number of carbonyl (C=O) groups excluding carboxylic acids is 2. The predicted octanol–water partition coefficient (Wildman–Crippen LogP) is 6.49. The highest BCUT2D eigenvalue weighted by molar-refractivity contribution is 6.31. The second-order valence-corrected chi connectivity index (χ2v) is 7.22. The molecule has 4 heteroatoms. The molecule has 0 bridgehead atoms. The molecule has 0 atom stereocenters.